The Bertz CT molecular complexity index is 72.9. The van der Waals surface area contributed by atoms with Crippen molar-refractivity contribution in [3.05, 3.63) is 0 Å². The monoisotopic (exact) mass is 132 g/mol. The molecule has 0 aliphatic heterocycles. The molecule has 0 rings (SSSR count). The highest BCUT2D eigenvalue weighted by Gasteiger charge is 2.07. The fourth-order valence-electron chi connectivity index (χ4n) is 0.462. The van der Waals surface area contributed by atoms with Gasteiger partial charge in [0.05, 0.1) is 0 Å². The van der Waals surface area contributed by atoms with Gasteiger partial charge in [-0.25, -0.2) is 0 Å². The molecule has 0 saturated heterocycles. The second-order valence-electron chi connectivity index (χ2n) is 1.97. The lowest BCUT2D eigenvalue weighted by atomic mass is 10.1. The van der Waals surface area contributed by atoms with Crippen molar-refractivity contribution in [3.63, 3.8) is 0 Å². The molecule has 0 amide bonds. The Labute approximate surface area is 55.9 Å². The molecule has 0 aromatic heterocycles. The van der Waals surface area contributed by atoms with E-state index in [4.69, 9.17) is 0 Å². The van der Waals surface area contributed by atoms with E-state index < -0.39 is 0 Å². The number of hydrogen-bond acceptors (Lipinski definition) is 2. The van der Waals surface area contributed by atoms with Gasteiger partial charge in [0, 0.05) is 11.2 Å². The molecule has 2 heteroatoms. The molecule has 0 fully saturated rings. The molecule has 0 heterocycles. The van der Waals surface area contributed by atoms with Crippen LogP contribution in [0.3, 0.4) is 0 Å². The number of rotatable bonds is 3. The minimum absolute atomic E-state index is 0.100. The van der Waals surface area contributed by atoms with Crippen LogP contribution in [0, 0.1) is 5.92 Å². The van der Waals surface area contributed by atoms with E-state index in [1.807, 2.05) is 13.8 Å². The van der Waals surface area contributed by atoms with Gasteiger partial charge in [-0.2, -0.15) is 12.6 Å². The fraction of sp³-hybridized carbons (Fsp3) is 0.833. The maximum Gasteiger partial charge on any atom is 0.123 e. The quantitative estimate of drug-likeness (QED) is 0.455. The molecule has 2 unspecified atom stereocenters. The first-order valence-corrected chi connectivity index (χ1v) is 3.37. The van der Waals surface area contributed by atoms with Gasteiger partial charge >= 0.3 is 0 Å². The van der Waals surface area contributed by atoms with Gasteiger partial charge in [0.25, 0.3) is 0 Å². The molecule has 0 aliphatic carbocycles. The van der Waals surface area contributed by atoms with Crippen LogP contribution in [0.4, 0.5) is 0 Å². The van der Waals surface area contributed by atoms with E-state index in [1.54, 1.807) is 0 Å². The molecule has 0 aliphatic rings. The summed E-state index contributed by atoms with van der Waals surface area (Å²) in [5.41, 5.74) is 0. The third kappa shape index (κ3) is 2.36. The molecule has 0 N–H and O–H groups in total. The molecule has 0 bridgehead atoms. The molecular formula is C6H12OS. The third-order valence-corrected chi connectivity index (χ3v) is 2.08. The van der Waals surface area contributed by atoms with Crippen molar-refractivity contribution in [2.45, 2.75) is 25.5 Å². The zero-order chi connectivity index (χ0) is 6.57. The summed E-state index contributed by atoms with van der Waals surface area (Å²) >= 11 is 4.17. The van der Waals surface area contributed by atoms with Crippen molar-refractivity contribution in [2.24, 2.45) is 5.92 Å². The van der Waals surface area contributed by atoms with Crippen molar-refractivity contribution < 1.29 is 4.79 Å². The first-order valence-electron chi connectivity index (χ1n) is 2.85. The normalized spacial score (nSPS) is 17.4. The average Bonchev–Trinajstić information content (AvgIpc) is 1.84. The van der Waals surface area contributed by atoms with Crippen LogP contribution in [0.25, 0.3) is 0 Å². The Morgan fingerprint density at radius 3 is 2.38 bits per heavy atom. The summed E-state index contributed by atoms with van der Waals surface area (Å²) in [6.07, 6.45) is 1.91. The van der Waals surface area contributed by atoms with Gasteiger partial charge in [-0.3, -0.25) is 0 Å². The summed E-state index contributed by atoms with van der Waals surface area (Å²) in [7, 11) is 0. The molecule has 0 radical (unpaired) electrons. The minimum Gasteiger partial charge on any atom is -0.303 e. The first kappa shape index (κ1) is 8.02. The molecular weight excluding hydrogens is 120 g/mol. The number of aldehydes is 1. The van der Waals surface area contributed by atoms with Crippen LogP contribution >= 0.6 is 12.6 Å². The predicted octanol–water partition coefficient (Wildman–Crippen LogP) is 1.53. The maximum absolute atomic E-state index is 10.1. The van der Waals surface area contributed by atoms with E-state index >= 15 is 0 Å². The van der Waals surface area contributed by atoms with Crippen LogP contribution in [0.2, 0.25) is 0 Å². The van der Waals surface area contributed by atoms with Gasteiger partial charge in [-0.15, -0.1) is 0 Å². The summed E-state index contributed by atoms with van der Waals surface area (Å²) in [6, 6.07) is 0. The molecule has 0 saturated carbocycles. The topological polar surface area (TPSA) is 17.1 Å². The van der Waals surface area contributed by atoms with Gasteiger partial charge in [0.2, 0.25) is 0 Å². The number of thiol groups is 1. The van der Waals surface area contributed by atoms with Crippen LogP contribution in [0.15, 0.2) is 0 Å². The third-order valence-electron chi connectivity index (χ3n) is 1.24. The van der Waals surface area contributed by atoms with Gasteiger partial charge in [0.15, 0.2) is 0 Å². The number of carbonyl (C=O) groups is 1. The predicted molar refractivity (Wildman–Crippen MR) is 38.3 cm³/mol. The van der Waals surface area contributed by atoms with Crippen LogP contribution in [-0.4, -0.2) is 11.5 Å². The van der Waals surface area contributed by atoms with Gasteiger partial charge in [0.1, 0.15) is 6.29 Å². The lowest BCUT2D eigenvalue weighted by Gasteiger charge is -2.08. The van der Waals surface area contributed by atoms with Crippen LogP contribution in [0.1, 0.15) is 20.3 Å². The van der Waals surface area contributed by atoms with Gasteiger partial charge in [-0.1, -0.05) is 13.8 Å². The minimum atomic E-state index is 0.100. The summed E-state index contributed by atoms with van der Waals surface area (Å²) in [5, 5.41) is 0.243. The van der Waals surface area contributed by atoms with E-state index in [9.17, 15) is 4.79 Å². The largest absolute Gasteiger partial charge is 0.303 e. The highest BCUT2D eigenvalue weighted by Crippen LogP contribution is 2.09. The second kappa shape index (κ2) is 3.96. The summed E-state index contributed by atoms with van der Waals surface area (Å²) < 4.78 is 0. The lowest BCUT2D eigenvalue weighted by Crippen LogP contribution is -2.10. The Morgan fingerprint density at radius 2 is 2.25 bits per heavy atom. The zero-order valence-corrected chi connectivity index (χ0v) is 6.19. The van der Waals surface area contributed by atoms with E-state index in [0.717, 1.165) is 12.7 Å². The highest BCUT2D eigenvalue weighted by molar-refractivity contribution is 7.81. The van der Waals surface area contributed by atoms with Crippen LogP contribution < -0.4 is 0 Å². The SMILES string of the molecule is CCC(S)C(C)C=O. The van der Waals surface area contributed by atoms with Crippen molar-refractivity contribution in [2.75, 3.05) is 0 Å². The van der Waals surface area contributed by atoms with Gasteiger partial charge < -0.3 is 4.79 Å². The second-order valence-corrected chi connectivity index (χ2v) is 2.63. The average molecular weight is 132 g/mol. The van der Waals surface area contributed by atoms with Gasteiger partial charge in [-0.05, 0) is 6.42 Å². The highest BCUT2D eigenvalue weighted by atomic mass is 32.1. The van der Waals surface area contributed by atoms with Crippen LogP contribution in [-0.2, 0) is 4.79 Å². The van der Waals surface area contributed by atoms with Crippen molar-refractivity contribution in [1.82, 2.24) is 0 Å². The Kier molecular flexibility index (Phi) is 3.97. The van der Waals surface area contributed by atoms with Crippen LogP contribution in [0.5, 0.6) is 0 Å². The van der Waals surface area contributed by atoms with E-state index in [1.165, 1.54) is 0 Å². The molecule has 2 atom stereocenters. The Morgan fingerprint density at radius 1 is 1.75 bits per heavy atom. The molecule has 0 spiro atoms. The molecule has 1 nitrogen and oxygen atoms in total. The molecule has 0 aromatic rings. The maximum atomic E-state index is 10.1. The standard InChI is InChI=1S/C6H12OS/c1-3-6(8)5(2)4-7/h4-6,8H,3H2,1-2H3. The fourth-order valence-corrected chi connectivity index (χ4v) is 0.533. The smallest absolute Gasteiger partial charge is 0.123 e. The Hall–Kier alpha value is 0.0200. The molecule has 48 valence electrons. The number of hydrogen-bond donors (Lipinski definition) is 1. The zero-order valence-electron chi connectivity index (χ0n) is 5.29. The van der Waals surface area contributed by atoms with E-state index in [0.29, 0.717) is 0 Å². The summed E-state index contributed by atoms with van der Waals surface area (Å²) in [6.45, 7) is 3.91. The van der Waals surface area contributed by atoms with E-state index in [-0.39, 0.29) is 11.2 Å². The van der Waals surface area contributed by atoms with E-state index in [2.05, 4.69) is 12.6 Å². The lowest BCUT2D eigenvalue weighted by molar-refractivity contribution is -0.110. The number of carbonyl (C=O) groups excluding carboxylic acids is 1. The van der Waals surface area contributed by atoms with Crippen molar-refractivity contribution >= 4 is 18.9 Å². The Balaban J connectivity index is 3.44. The van der Waals surface area contributed by atoms with Crippen molar-refractivity contribution in [1.29, 1.82) is 0 Å². The molecule has 8 heavy (non-hydrogen) atoms. The summed E-state index contributed by atoms with van der Waals surface area (Å²) in [5.74, 6) is 0.100. The molecule has 0 aromatic carbocycles. The first-order chi connectivity index (χ1) is 3.72. The van der Waals surface area contributed by atoms with Crippen molar-refractivity contribution in [3.8, 4) is 0 Å². The summed E-state index contributed by atoms with van der Waals surface area (Å²) in [4.78, 5) is 10.1.